The molecule has 0 aromatic heterocycles. The zero-order chi connectivity index (χ0) is 11.8. The maximum atomic E-state index is 11.6. The lowest BCUT2D eigenvalue weighted by molar-refractivity contribution is 0.102. The molecule has 0 radical (unpaired) electrons. The van der Waals surface area contributed by atoms with Gasteiger partial charge in [-0.25, -0.2) is 8.42 Å². The summed E-state index contributed by atoms with van der Waals surface area (Å²) in [5.41, 5.74) is 1.43. The molecule has 2 rings (SSSR count). The Labute approximate surface area is 95.4 Å². The van der Waals surface area contributed by atoms with Crippen molar-refractivity contribution < 1.29 is 13.2 Å². The van der Waals surface area contributed by atoms with Crippen LogP contribution in [0.25, 0.3) is 0 Å². The Morgan fingerprint density at radius 1 is 1.31 bits per heavy atom. The van der Waals surface area contributed by atoms with Crippen LogP contribution in [-0.4, -0.2) is 20.0 Å². The van der Waals surface area contributed by atoms with Crippen molar-refractivity contribution in [3.63, 3.8) is 0 Å². The van der Waals surface area contributed by atoms with Gasteiger partial charge in [0.15, 0.2) is 15.6 Å². The van der Waals surface area contributed by atoms with E-state index >= 15 is 0 Å². The Hall–Kier alpha value is -1.16. The molecule has 86 valence electrons. The van der Waals surface area contributed by atoms with E-state index in [1.54, 1.807) is 12.1 Å². The smallest absolute Gasteiger partial charge is 0.186 e. The number of aryl methyl sites for hydroxylation is 1. The molecule has 0 amide bonds. The number of fused-ring (bicyclic) bond motifs is 1. The van der Waals surface area contributed by atoms with Crippen LogP contribution in [-0.2, 0) is 16.3 Å². The zero-order valence-electron chi connectivity index (χ0n) is 9.19. The number of hydrogen-bond donors (Lipinski definition) is 0. The van der Waals surface area contributed by atoms with Crippen molar-refractivity contribution >= 4 is 15.6 Å². The van der Waals surface area contributed by atoms with Gasteiger partial charge in [0.2, 0.25) is 0 Å². The van der Waals surface area contributed by atoms with Crippen molar-refractivity contribution in [1.29, 1.82) is 0 Å². The minimum atomic E-state index is -3.34. The SMILES string of the molecule is CCCCc1ccc2c(c1)C(=O)CS2(=O)=O. The van der Waals surface area contributed by atoms with Gasteiger partial charge in [0.25, 0.3) is 0 Å². The molecule has 0 N–H and O–H groups in total. The lowest BCUT2D eigenvalue weighted by atomic mass is 10.0. The lowest BCUT2D eigenvalue weighted by Gasteiger charge is -2.02. The summed E-state index contributed by atoms with van der Waals surface area (Å²) >= 11 is 0. The molecule has 3 nitrogen and oxygen atoms in total. The Balaban J connectivity index is 2.41. The van der Waals surface area contributed by atoms with Gasteiger partial charge in [0.05, 0.1) is 4.90 Å². The van der Waals surface area contributed by atoms with E-state index in [4.69, 9.17) is 0 Å². The Morgan fingerprint density at radius 2 is 2.06 bits per heavy atom. The fourth-order valence-electron chi connectivity index (χ4n) is 1.93. The first-order chi connectivity index (χ1) is 7.54. The fraction of sp³-hybridized carbons (Fsp3) is 0.417. The molecular weight excluding hydrogens is 224 g/mol. The largest absolute Gasteiger partial charge is 0.293 e. The molecule has 0 aliphatic carbocycles. The van der Waals surface area contributed by atoms with Crippen LogP contribution in [0.1, 0.15) is 35.7 Å². The summed E-state index contributed by atoms with van der Waals surface area (Å²) in [5, 5.41) is 0. The highest BCUT2D eigenvalue weighted by atomic mass is 32.2. The van der Waals surface area contributed by atoms with E-state index in [0.29, 0.717) is 5.56 Å². The average molecular weight is 238 g/mol. The molecule has 0 bridgehead atoms. The molecule has 1 aliphatic heterocycles. The van der Waals surface area contributed by atoms with Gasteiger partial charge in [0, 0.05) is 5.56 Å². The Kier molecular flexibility index (Phi) is 2.84. The van der Waals surface area contributed by atoms with E-state index in [0.717, 1.165) is 24.8 Å². The number of sulfone groups is 1. The molecule has 0 atom stereocenters. The van der Waals surface area contributed by atoms with Gasteiger partial charge in [-0.2, -0.15) is 0 Å². The zero-order valence-corrected chi connectivity index (χ0v) is 10.0. The second kappa shape index (κ2) is 4.01. The molecular formula is C12H14O3S. The first kappa shape index (κ1) is 11.3. The number of Topliss-reactive ketones (excluding diaryl/α,β-unsaturated/α-hetero) is 1. The van der Waals surface area contributed by atoms with Crippen LogP contribution < -0.4 is 0 Å². The van der Waals surface area contributed by atoms with Crippen molar-refractivity contribution in [1.82, 2.24) is 0 Å². The van der Waals surface area contributed by atoms with Gasteiger partial charge in [-0.3, -0.25) is 4.79 Å². The van der Waals surface area contributed by atoms with Crippen molar-refractivity contribution in [3.8, 4) is 0 Å². The molecule has 16 heavy (non-hydrogen) atoms. The topological polar surface area (TPSA) is 51.2 Å². The van der Waals surface area contributed by atoms with Crippen molar-refractivity contribution in [2.45, 2.75) is 31.1 Å². The number of benzene rings is 1. The summed E-state index contributed by atoms with van der Waals surface area (Å²) in [6.45, 7) is 2.10. The van der Waals surface area contributed by atoms with Gasteiger partial charge in [-0.15, -0.1) is 0 Å². The van der Waals surface area contributed by atoms with Gasteiger partial charge in [0.1, 0.15) is 5.75 Å². The van der Waals surface area contributed by atoms with Crippen LogP contribution in [0.15, 0.2) is 23.1 Å². The fourth-order valence-corrected chi connectivity index (χ4v) is 3.37. The van der Waals surface area contributed by atoms with Crippen molar-refractivity contribution in [2.24, 2.45) is 0 Å². The number of unbranched alkanes of at least 4 members (excludes halogenated alkanes) is 1. The van der Waals surface area contributed by atoms with Crippen molar-refractivity contribution in [2.75, 3.05) is 5.75 Å². The molecule has 0 spiro atoms. The minimum absolute atomic E-state index is 0.206. The number of ketones is 1. The number of hydrogen-bond acceptors (Lipinski definition) is 3. The maximum Gasteiger partial charge on any atom is 0.186 e. The van der Waals surface area contributed by atoms with E-state index < -0.39 is 9.84 Å². The second-order valence-corrected chi connectivity index (χ2v) is 6.07. The quantitative estimate of drug-likeness (QED) is 0.809. The van der Waals surface area contributed by atoms with Crippen LogP contribution in [0, 0.1) is 0 Å². The summed E-state index contributed by atoms with van der Waals surface area (Å²) in [7, 11) is -3.34. The average Bonchev–Trinajstić information content (AvgIpc) is 2.46. The highest BCUT2D eigenvalue weighted by Crippen LogP contribution is 2.27. The molecule has 1 aliphatic rings. The predicted molar refractivity (Wildman–Crippen MR) is 61.4 cm³/mol. The van der Waals surface area contributed by atoms with Crippen molar-refractivity contribution in [3.05, 3.63) is 29.3 Å². The summed E-state index contributed by atoms with van der Waals surface area (Å²) in [5.74, 6) is -0.632. The third-order valence-corrected chi connectivity index (χ3v) is 4.49. The molecule has 0 unspecified atom stereocenters. The summed E-state index contributed by atoms with van der Waals surface area (Å²) in [6.07, 6.45) is 3.04. The van der Waals surface area contributed by atoms with Gasteiger partial charge in [-0.05, 0) is 30.5 Å². The normalized spacial score (nSPS) is 17.4. The predicted octanol–water partition coefficient (Wildman–Crippen LogP) is 2.00. The van der Waals surface area contributed by atoms with E-state index in [-0.39, 0.29) is 16.4 Å². The van der Waals surface area contributed by atoms with E-state index in [1.165, 1.54) is 0 Å². The number of rotatable bonds is 3. The molecule has 1 heterocycles. The summed E-state index contributed by atoms with van der Waals surface area (Å²) in [4.78, 5) is 11.7. The summed E-state index contributed by atoms with van der Waals surface area (Å²) in [6, 6.07) is 5.11. The second-order valence-electron chi connectivity index (χ2n) is 4.12. The van der Waals surface area contributed by atoms with Crippen LogP contribution in [0.5, 0.6) is 0 Å². The third kappa shape index (κ3) is 1.89. The first-order valence-electron chi connectivity index (χ1n) is 5.43. The molecule has 0 fully saturated rings. The van der Waals surface area contributed by atoms with Crippen LogP contribution >= 0.6 is 0 Å². The number of carbonyl (C=O) groups is 1. The standard InChI is InChI=1S/C12H14O3S/c1-2-3-4-9-5-6-12-10(7-9)11(13)8-16(12,14)15/h5-7H,2-4,8H2,1H3. The van der Waals surface area contributed by atoms with Gasteiger partial charge in [-0.1, -0.05) is 19.4 Å². The monoisotopic (exact) mass is 238 g/mol. The minimum Gasteiger partial charge on any atom is -0.293 e. The van der Waals surface area contributed by atoms with Crippen LogP contribution in [0.3, 0.4) is 0 Å². The van der Waals surface area contributed by atoms with Gasteiger partial charge >= 0.3 is 0 Å². The summed E-state index contributed by atoms with van der Waals surface area (Å²) < 4.78 is 23.1. The molecule has 1 aromatic rings. The molecule has 1 aromatic carbocycles. The maximum absolute atomic E-state index is 11.6. The molecule has 0 saturated heterocycles. The van der Waals surface area contributed by atoms with E-state index in [1.807, 2.05) is 6.07 Å². The first-order valence-corrected chi connectivity index (χ1v) is 7.08. The van der Waals surface area contributed by atoms with E-state index in [2.05, 4.69) is 6.92 Å². The number of carbonyl (C=O) groups excluding carboxylic acids is 1. The van der Waals surface area contributed by atoms with Crippen LogP contribution in [0.2, 0.25) is 0 Å². The van der Waals surface area contributed by atoms with Crippen LogP contribution in [0.4, 0.5) is 0 Å². The van der Waals surface area contributed by atoms with E-state index in [9.17, 15) is 13.2 Å². The lowest BCUT2D eigenvalue weighted by Crippen LogP contribution is -2.03. The Bertz CT molecular complexity index is 529. The molecule has 0 saturated carbocycles. The molecule has 4 heteroatoms. The third-order valence-electron chi connectivity index (χ3n) is 2.82. The highest BCUT2D eigenvalue weighted by molar-refractivity contribution is 7.92. The Morgan fingerprint density at radius 3 is 2.75 bits per heavy atom. The van der Waals surface area contributed by atoms with Gasteiger partial charge < -0.3 is 0 Å². The highest BCUT2D eigenvalue weighted by Gasteiger charge is 2.32.